The molecule has 0 radical (unpaired) electrons. The summed E-state index contributed by atoms with van der Waals surface area (Å²) in [5, 5.41) is 2.54. The molecule has 0 aromatic heterocycles. The zero-order valence-electron chi connectivity index (χ0n) is 11.2. The van der Waals surface area contributed by atoms with Gasteiger partial charge in [0.25, 0.3) is 0 Å². The van der Waals surface area contributed by atoms with Crippen LogP contribution in [0.3, 0.4) is 0 Å². The second kappa shape index (κ2) is 6.25. The first-order chi connectivity index (χ1) is 10.1. The van der Waals surface area contributed by atoms with Gasteiger partial charge in [0.2, 0.25) is 0 Å². The summed E-state index contributed by atoms with van der Waals surface area (Å²) < 4.78 is 78.5. The molecule has 0 unspecified atom stereocenters. The summed E-state index contributed by atoms with van der Waals surface area (Å²) in [4.78, 5) is 1.11. The van der Waals surface area contributed by atoms with Crippen LogP contribution in [0.5, 0.6) is 0 Å². The number of hydrogen-bond donors (Lipinski definition) is 1. The van der Waals surface area contributed by atoms with E-state index < -0.39 is 29.5 Å². The summed E-state index contributed by atoms with van der Waals surface area (Å²) in [6, 6.07) is -0.0198. The van der Waals surface area contributed by atoms with Crippen LogP contribution in [-0.4, -0.2) is 37.3 Å². The second-order valence-electron chi connectivity index (χ2n) is 5.00. The molecule has 1 atom stereocenters. The molecule has 1 fully saturated rings. The largest absolute Gasteiger partial charge is 0.416 e. The van der Waals surface area contributed by atoms with Crippen LogP contribution in [0.4, 0.5) is 26.3 Å². The van der Waals surface area contributed by atoms with E-state index in [9.17, 15) is 26.3 Å². The molecule has 22 heavy (non-hydrogen) atoms. The summed E-state index contributed by atoms with van der Waals surface area (Å²) in [5.41, 5.74) is -1.67. The highest BCUT2D eigenvalue weighted by Crippen LogP contribution is 2.41. The van der Waals surface area contributed by atoms with Crippen LogP contribution in [0, 0.1) is 0 Å². The van der Waals surface area contributed by atoms with Crippen LogP contribution in [0.1, 0.15) is 17.2 Å². The van der Waals surface area contributed by atoms with Gasteiger partial charge in [-0.25, -0.2) is 0 Å². The zero-order chi connectivity index (χ0) is 16.5. The van der Waals surface area contributed by atoms with Crippen molar-refractivity contribution < 1.29 is 26.3 Å². The van der Waals surface area contributed by atoms with Gasteiger partial charge in [0, 0.05) is 31.2 Å². The molecule has 1 N–H and O–H groups in total. The van der Waals surface area contributed by atoms with E-state index in [1.54, 1.807) is 0 Å². The van der Waals surface area contributed by atoms with Gasteiger partial charge in [-0.15, -0.1) is 0 Å². The van der Waals surface area contributed by atoms with Gasteiger partial charge in [-0.3, -0.25) is 4.90 Å². The molecule has 0 aliphatic carbocycles. The Morgan fingerprint density at radius 1 is 1.00 bits per heavy atom. The van der Waals surface area contributed by atoms with E-state index in [4.69, 9.17) is 11.6 Å². The van der Waals surface area contributed by atoms with Crippen molar-refractivity contribution in [2.45, 2.75) is 18.4 Å². The predicted molar refractivity (Wildman–Crippen MR) is 69.7 cm³/mol. The molecule has 2 nitrogen and oxygen atoms in total. The van der Waals surface area contributed by atoms with Crippen LogP contribution in [0.2, 0.25) is 5.02 Å². The van der Waals surface area contributed by atoms with E-state index in [1.165, 1.54) is 0 Å². The molecular weight excluding hydrogens is 334 g/mol. The smallest absolute Gasteiger partial charge is 0.314 e. The summed E-state index contributed by atoms with van der Waals surface area (Å²) in [5.74, 6) is 0. The fourth-order valence-electron chi connectivity index (χ4n) is 2.48. The van der Waals surface area contributed by atoms with E-state index in [0.717, 1.165) is 11.0 Å². The Hall–Kier alpha value is -0.990. The minimum absolute atomic E-state index is 0.0953. The third kappa shape index (κ3) is 4.05. The van der Waals surface area contributed by atoms with Crippen molar-refractivity contribution in [3.05, 3.63) is 34.3 Å². The van der Waals surface area contributed by atoms with Crippen LogP contribution in [-0.2, 0) is 6.18 Å². The molecular formula is C13H13ClF6N2. The third-order valence-corrected chi connectivity index (χ3v) is 3.61. The Bertz CT molecular complexity index is 522. The normalized spacial score (nSPS) is 19.2. The fraction of sp³-hybridized carbons (Fsp3) is 0.538. The maximum Gasteiger partial charge on any atom is 0.416 e. The maximum absolute atomic E-state index is 13.4. The van der Waals surface area contributed by atoms with Crippen LogP contribution < -0.4 is 5.32 Å². The molecule has 1 heterocycles. The average Bonchev–Trinajstić information content (AvgIpc) is 2.36. The molecule has 9 heteroatoms. The highest BCUT2D eigenvalue weighted by atomic mass is 35.5. The predicted octanol–water partition coefficient (Wildman–Crippen LogP) is 3.87. The van der Waals surface area contributed by atoms with Gasteiger partial charge < -0.3 is 5.32 Å². The van der Waals surface area contributed by atoms with Crippen molar-refractivity contribution >= 4 is 11.6 Å². The first-order valence-electron chi connectivity index (χ1n) is 6.48. The standard InChI is InChI=1S/C13H13ClF6N2/c14-10-6-8(5-9(7-10)12(15,16)17)11(13(18,19)20)22-3-1-21-2-4-22/h5-7,11,21H,1-4H2/t11-/m0/s1. The van der Waals surface area contributed by atoms with Crippen molar-refractivity contribution in [2.75, 3.05) is 26.2 Å². The lowest BCUT2D eigenvalue weighted by Gasteiger charge is -2.36. The van der Waals surface area contributed by atoms with Gasteiger partial charge in [-0.2, -0.15) is 26.3 Å². The molecule has 0 saturated carbocycles. The Morgan fingerprint density at radius 3 is 2.09 bits per heavy atom. The van der Waals surface area contributed by atoms with E-state index in [2.05, 4.69) is 5.32 Å². The number of alkyl halides is 6. The van der Waals surface area contributed by atoms with Gasteiger partial charge in [0.1, 0.15) is 6.04 Å². The first kappa shape index (κ1) is 17.4. The summed E-state index contributed by atoms with van der Waals surface area (Å²) in [6.45, 7) is 0.884. The Balaban J connectivity index is 2.45. The van der Waals surface area contributed by atoms with Gasteiger partial charge in [0.05, 0.1) is 5.56 Å². The van der Waals surface area contributed by atoms with E-state index in [-0.39, 0.29) is 18.1 Å². The Kier molecular flexibility index (Phi) is 4.93. The van der Waals surface area contributed by atoms with Crippen molar-refractivity contribution in [1.82, 2.24) is 10.2 Å². The molecule has 1 aromatic rings. The van der Waals surface area contributed by atoms with Gasteiger partial charge in [-0.1, -0.05) is 11.6 Å². The molecule has 1 aliphatic heterocycles. The third-order valence-electron chi connectivity index (χ3n) is 3.39. The number of nitrogens with zero attached hydrogens (tertiary/aromatic N) is 1. The van der Waals surface area contributed by atoms with Gasteiger partial charge >= 0.3 is 12.4 Å². The molecule has 1 saturated heterocycles. The van der Waals surface area contributed by atoms with Crippen molar-refractivity contribution in [3.8, 4) is 0 Å². The summed E-state index contributed by atoms with van der Waals surface area (Å²) >= 11 is 5.59. The maximum atomic E-state index is 13.4. The van der Waals surface area contributed by atoms with Crippen molar-refractivity contribution in [3.63, 3.8) is 0 Å². The summed E-state index contributed by atoms with van der Waals surface area (Å²) in [7, 11) is 0. The van der Waals surface area contributed by atoms with E-state index >= 15 is 0 Å². The molecule has 2 rings (SSSR count). The van der Waals surface area contributed by atoms with Crippen molar-refractivity contribution in [1.29, 1.82) is 0 Å². The SMILES string of the molecule is FC(F)(F)c1cc(Cl)cc([C@H](N2CCNCC2)C(F)(F)F)c1. The zero-order valence-corrected chi connectivity index (χ0v) is 12.0. The molecule has 0 amide bonds. The minimum Gasteiger partial charge on any atom is -0.314 e. The van der Waals surface area contributed by atoms with E-state index in [0.29, 0.717) is 25.2 Å². The first-order valence-corrected chi connectivity index (χ1v) is 6.86. The van der Waals surface area contributed by atoms with E-state index in [1.807, 2.05) is 0 Å². The fourth-order valence-corrected chi connectivity index (χ4v) is 2.72. The number of piperazine rings is 1. The second-order valence-corrected chi connectivity index (χ2v) is 5.44. The number of benzene rings is 1. The van der Waals surface area contributed by atoms with Gasteiger partial charge in [-0.05, 0) is 23.8 Å². The quantitative estimate of drug-likeness (QED) is 0.818. The molecule has 0 spiro atoms. The topological polar surface area (TPSA) is 15.3 Å². The van der Waals surface area contributed by atoms with Gasteiger partial charge in [0.15, 0.2) is 0 Å². The lowest BCUT2D eigenvalue weighted by Crippen LogP contribution is -2.49. The molecule has 1 aromatic carbocycles. The number of nitrogens with one attached hydrogen (secondary N) is 1. The highest BCUT2D eigenvalue weighted by Gasteiger charge is 2.45. The van der Waals surface area contributed by atoms with Crippen LogP contribution >= 0.6 is 11.6 Å². The van der Waals surface area contributed by atoms with Crippen molar-refractivity contribution in [2.24, 2.45) is 0 Å². The average molecular weight is 347 g/mol. The molecule has 0 bridgehead atoms. The van der Waals surface area contributed by atoms with Crippen LogP contribution in [0.25, 0.3) is 0 Å². The number of hydrogen-bond acceptors (Lipinski definition) is 2. The molecule has 1 aliphatic rings. The lowest BCUT2D eigenvalue weighted by molar-refractivity contribution is -0.188. The Morgan fingerprint density at radius 2 is 1.59 bits per heavy atom. The number of halogens is 7. The Labute approximate surface area is 128 Å². The molecule has 124 valence electrons. The number of rotatable bonds is 2. The minimum atomic E-state index is -4.75. The summed E-state index contributed by atoms with van der Waals surface area (Å²) in [6.07, 6.45) is -9.44. The van der Waals surface area contributed by atoms with Crippen LogP contribution in [0.15, 0.2) is 18.2 Å². The lowest BCUT2D eigenvalue weighted by atomic mass is 10.0. The highest BCUT2D eigenvalue weighted by molar-refractivity contribution is 6.30. The monoisotopic (exact) mass is 346 g/mol.